The molecule has 3 aromatic rings. The van der Waals surface area contributed by atoms with Crippen LogP contribution in [0.2, 0.25) is 0 Å². The van der Waals surface area contributed by atoms with Crippen LogP contribution < -0.4 is 5.32 Å². The fourth-order valence-electron chi connectivity index (χ4n) is 5.00. The van der Waals surface area contributed by atoms with Gasteiger partial charge in [0.2, 0.25) is 0 Å². The number of anilines is 1. The van der Waals surface area contributed by atoms with Gasteiger partial charge in [0, 0.05) is 25.3 Å². The second-order valence-electron chi connectivity index (χ2n) is 9.16. The molecule has 1 heterocycles. The highest BCUT2D eigenvalue weighted by Gasteiger charge is 2.22. The van der Waals surface area contributed by atoms with Crippen molar-refractivity contribution in [3.05, 3.63) is 112 Å². The van der Waals surface area contributed by atoms with Crippen molar-refractivity contribution in [2.45, 2.75) is 19.8 Å². The van der Waals surface area contributed by atoms with Crippen molar-refractivity contribution in [3.63, 3.8) is 0 Å². The van der Waals surface area contributed by atoms with Gasteiger partial charge in [0.15, 0.2) is 0 Å². The summed E-state index contributed by atoms with van der Waals surface area (Å²) in [6.45, 7) is 5.20. The lowest BCUT2D eigenvalue weighted by atomic mass is 9.86. The van der Waals surface area contributed by atoms with Crippen LogP contribution in [0.25, 0.3) is 23.8 Å². The Labute approximate surface area is 225 Å². The maximum atomic E-state index is 11.5. The number of piperidine rings is 1. The Kier molecular flexibility index (Phi) is 8.99. The van der Waals surface area contributed by atoms with E-state index in [-0.39, 0.29) is 12.4 Å². The standard InChI is InChI=1S/C32H32N2O2.ClH/c1-2-36-32(35)33-28-17-13-24(14-18-28)8-7-21-34-22-19-27(20-23-34)31-29-11-5-3-9-25(29)15-16-26-10-4-6-12-30(26)31;/h3-18H,2,19-23H2,1H3,(H,33,35);1H. The lowest BCUT2D eigenvalue weighted by Crippen LogP contribution is -2.31. The van der Waals surface area contributed by atoms with Crippen molar-refractivity contribution < 1.29 is 9.53 Å². The zero-order valence-electron chi connectivity index (χ0n) is 21.2. The number of halogens is 1. The molecule has 0 saturated carbocycles. The fraction of sp³-hybridized carbons (Fsp3) is 0.219. The summed E-state index contributed by atoms with van der Waals surface area (Å²) in [4.78, 5) is 14.1. The van der Waals surface area contributed by atoms with Gasteiger partial charge in [0.25, 0.3) is 0 Å². The number of benzene rings is 3. The highest BCUT2D eigenvalue weighted by Crippen LogP contribution is 2.38. The molecule has 1 aliphatic carbocycles. The predicted octanol–water partition coefficient (Wildman–Crippen LogP) is 7.77. The number of rotatable bonds is 5. The fourth-order valence-corrected chi connectivity index (χ4v) is 5.00. The van der Waals surface area contributed by atoms with E-state index in [4.69, 9.17) is 4.74 Å². The third-order valence-electron chi connectivity index (χ3n) is 6.82. The van der Waals surface area contributed by atoms with Gasteiger partial charge in [-0.15, -0.1) is 12.4 Å². The minimum Gasteiger partial charge on any atom is -0.450 e. The number of nitrogens with zero attached hydrogens (tertiary/aromatic N) is 1. The van der Waals surface area contributed by atoms with Crippen molar-refractivity contribution in [2.75, 3.05) is 31.6 Å². The van der Waals surface area contributed by atoms with E-state index in [9.17, 15) is 4.79 Å². The third-order valence-corrected chi connectivity index (χ3v) is 6.82. The zero-order chi connectivity index (χ0) is 24.7. The molecular formula is C32H33ClN2O2. The first-order valence-corrected chi connectivity index (χ1v) is 12.7. The number of likely N-dealkylation sites (tertiary alicyclic amines) is 1. The predicted molar refractivity (Wildman–Crippen MR) is 157 cm³/mol. The van der Waals surface area contributed by atoms with Gasteiger partial charge >= 0.3 is 6.09 Å². The zero-order valence-corrected chi connectivity index (χ0v) is 22.0. The van der Waals surface area contributed by atoms with Crippen LogP contribution in [0.5, 0.6) is 0 Å². The SMILES string of the molecule is CCOC(=O)Nc1ccc(C=CCN2CCC(=C3c4ccccc4C=Cc4ccccc43)CC2)cc1.Cl. The van der Waals surface area contributed by atoms with E-state index in [0.29, 0.717) is 6.61 Å². The van der Waals surface area contributed by atoms with E-state index >= 15 is 0 Å². The van der Waals surface area contributed by atoms with Gasteiger partial charge in [-0.1, -0.05) is 90.5 Å². The Morgan fingerprint density at radius 2 is 1.49 bits per heavy atom. The number of amides is 1. The molecule has 2 aliphatic rings. The van der Waals surface area contributed by atoms with E-state index in [2.05, 4.69) is 83.1 Å². The molecule has 1 amide bonds. The number of fused-ring (bicyclic) bond motifs is 2. The molecule has 1 N–H and O–H groups in total. The Hall–Kier alpha value is -3.60. The highest BCUT2D eigenvalue weighted by atomic mass is 35.5. The molecule has 0 atom stereocenters. The van der Waals surface area contributed by atoms with Gasteiger partial charge in [-0.25, -0.2) is 4.79 Å². The largest absolute Gasteiger partial charge is 0.450 e. The van der Waals surface area contributed by atoms with Crippen molar-refractivity contribution >= 4 is 48.0 Å². The molecule has 1 saturated heterocycles. The summed E-state index contributed by atoms with van der Waals surface area (Å²) in [5.74, 6) is 0. The molecule has 0 aromatic heterocycles. The van der Waals surface area contributed by atoms with Crippen LogP contribution in [-0.4, -0.2) is 37.2 Å². The molecule has 37 heavy (non-hydrogen) atoms. The van der Waals surface area contributed by atoms with Crippen LogP contribution in [0.3, 0.4) is 0 Å². The number of nitrogens with one attached hydrogen (secondary N) is 1. The smallest absolute Gasteiger partial charge is 0.411 e. The molecule has 0 unspecified atom stereocenters. The molecule has 3 aromatic carbocycles. The molecular weight excluding hydrogens is 480 g/mol. The molecule has 4 nitrogen and oxygen atoms in total. The van der Waals surface area contributed by atoms with Crippen LogP contribution in [-0.2, 0) is 4.74 Å². The third kappa shape index (κ3) is 6.40. The summed E-state index contributed by atoms with van der Waals surface area (Å²) in [6.07, 6.45) is 10.6. The summed E-state index contributed by atoms with van der Waals surface area (Å²) in [7, 11) is 0. The van der Waals surface area contributed by atoms with E-state index in [1.807, 2.05) is 24.3 Å². The summed E-state index contributed by atoms with van der Waals surface area (Å²) in [5.41, 5.74) is 10.1. The molecule has 0 radical (unpaired) electrons. The number of ether oxygens (including phenoxy) is 1. The van der Waals surface area contributed by atoms with Gasteiger partial charge < -0.3 is 4.74 Å². The van der Waals surface area contributed by atoms with Crippen LogP contribution in [0.1, 0.15) is 47.6 Å². The van der Waals surface area contributed by atoms with Gasteiger partial charge in [0.1, 0.15) is 0 Å². The van der Waals surface area contributed by atoms with Crippen molar-refractivity contribution in [2.24, 2.45) is 0 Å². The quantitative estimate of drug-likeness (QED) is 0.297. The first kappa shape index (κ1) is 26.5. The highest BCUT2D eigenvalue weighted by molar-refractivity contribution is 5.95. The van der Waals surface area contributed by atoms with E-state index in [1.54, 1.807) is 12.5 Å². The Morgan fingerprint density at radius 3 is 2.08 bits per heavy atom. The molecule has 0 bridgehead atoms. The second kappa shape index (κ2) is 12.6. The van der Waals surface area contributed by atoms with Crippen molar-refractivity contribution in [1.29, 1.82) is 0 Å². The number of carbonyl (C=O) groups excluding carboxylic acids is 1. The molecule has 1 aliphatic heterocycles. The Morgan fingerprint density at radius 1 is 0.892 bits per heavy atom. The number of hydrogen-bond donors (Lipinski definition) is 1. The molecule has 1 fully saturated rings. The van der Waals surface area contributed by atoms with E-state index < -0.39 is 6.09 Å². The maximum absolute atomic E-state index is 11.5. The van der Waals surface area contributed by atoms with Gasteiger partial charge in [0.05, 0.1) is 6.61 Å². The summed E-state index contributed by atoms with van der Waals surface area (Å²) in [6, 6.07) is 25.3. The molecule has 190 valence electrons. The van der Waals surface area contributed by atoms with E-state index in [1.165, 1.54) is 27.8 Å². The maximum Gasteiger partial charge on any atom is 0.411 e. The lowest BCUT2D eigenvalue weighted by molar-refractivity contribution is 0.168. The lowest BCUT2D eigenvalue weighted by Gasteiger charge is -2.29. The normalized spacial score (nSPS) is 14.9. The summed E-state index contributed by atoms with van der Waals surface area (Å²) in [5, 5.41) is 2.72. The first-order chi connectivity index (χ1) is 17.7. The Balaban J connectivity index is 0.00000320. The van der Waals surface area contributed by atoms with Crippen molar-refractivity contribution in [1.82, 2.24) is 4.90 Å². The molecule has 0 spiro atoms. The van der Waals surface area contributed by atoms with Gasteiger partial charge in [-0.05, 0) is 65.3 Å². The van der Waals surface area contributed by atoms with Gasteiger partial charge in [-0.3, -0.25) is 10.2 Å². The minimum absolute atomic E-state index is 0. The average Bonchev–Trinajstić information content (AvgIpc) is 3.07. The van der Waals surface area contributed by atoms with Gasteiger partial charge in [-0.2, -0.15) is 0 Å². The van der Waals surface area contributed by atoms with Crippen LogP contribution in [0, 0.1) is 0 Å². The molecule has 5 heteroatoms. The summed E-state index contributed by atoms with van der Waals surface area (Å²) >= 11 is 0. The van der Waals surface area contributed by atoms with E-state index in [0.717, 1.165) is 43.7 Å². The first-order valence-electron chi connectivity index (χ1n) is 12.7. The van der Waals surface area contributed by atoms with Crippen LogP contribution in [0.15, 0.2) is 84.4 Å². The number of hydrogen-bond acceptors (Lipinski definition) is 3. The Bertz CT molecular complexity index is 1260. The second-order valence-corrected chi connectivity index (χ2v) is 9.16. The van der Waals surface area contributed by atoms with Crippen LogP contribution in [0.4, 0.5) is 10.5 Å². The summed E-state index contributed by atoms with van der Waals surface area (Å²) < 4.78 is 4.92. The molecule has 5 rings (SSSR count). The topological polar surface area (TPSA) is 41.6 Å². The minimum atomic E-state index is -0.424. The number of carbonyl (C=O) groups is 1. The monoisotopic (exact) mass is 512 g/mol. The average molecular weight is 513 g/mol. The van der Waals surface area contributed by atoms with Crippen LogP contribution >= 0.6 is 12.4 Å². The van der Waals surface area contributed by atoms with Crippen molar-refractivity contribution in [3.8, 4) is 0 Å².